The molecule has 0 saturated carbocycles. The van der Waals surface area contributed by atoms with Gasteiger partial charge in [-0.05, 0) is 94.8 Å². The largest absolute Gasteiger partial charge is 0.493 e. The Morgan fingerprint density at radius 3 is 1.08 bits per heavy atom. The molecule has 0 aliphatic carbocycles. The molecule has 332 valence electrons. The third kappa shape index (κ3) is 8.36. The number of fused-ring (bicyclic) bond motifs is 2. The van der Waals surface area contributed by atoms with E-state index in [0.29, 0.717) is 97.9 Å². The van der Waals surface area contributed by atoms with E-state index in [1.165, 1.54) is 0 Å². The summed E-state index contributed by atoms with van der Waals surface area (Å²) in [5.74, 6) is 4.73. The van der Waals surface area contributed by atoms with Gasteiger partial charge in [-0.2, -0.15) is 0 Å². The number of amides is 4. The molecule has 0 aromatic heterocycles. The van der Waals surface area contributed by atoms with Gasteiger partial charge in [-0.15, -0.1) is 0 Å². The van der Waals surface area contributed by atoms with Crippen molar-refractivity contribution in [2.75, 3.05) is 83.1 Å². The van der Waals surface area contributed by atoms with Gasteiger partial charge in [-0.25, -0.2) is 9.59 Å². The molecule has 7 rings (SSSR count). The predicted molar refractivity (Wildman–Crippen MR) is 232 cm³/mol. The Kier molecular flexibility index (Phi) is 13.3. The summed E-state index contributed by atoms with van der Waals surface area (Å²) in [4.78, 5) is 35.7. The van der Waals surface area contributed by atoms with Gasteiger partial charge in [0.1, 0.15) is 0 Å². The standard InChI is InChI=1S/C46H58N6O10/c1-55-35-11-9-27(19-37(35)57-3)17-33-31-25-41(61-7)39(59-5)21-29(31)23-43(51(33)45(47)53)49-13-15-50(16-14-49)44-24-30-22-40(60-6)42(62-8)26-32(30)34(52(44)46(48)54)18-28-10-12-36(56-2)38(20-28)58-4/h9-12,19-22,25-26,33-34,43-44H,13-18,23-24H2,1-8H3,(H2,47,53)(H2,48,54). The fraction of sp³-hybridized carbons (Fsp3) is 0.435. The van der Waals surface area contributed by atoms with E-state index in [0.717, 1.165) is 33.4 Å². The number of hydrogen-bond donors (Lipinski definition) is 2. The number of hydrogen-bond acceptors (Lipinski definition) is 12. The topological polar surface area (TPSA) is 173 Å². The van der Waals surface area contributed by atoms with Crippen LogP contribution in [-0.4, -0.2) is 127 Å². The summed E-state index contributed by atoms with van der Waals surface area (Å²) >= 11 is 0. The van der Waals surface area contributed by atoms with Crippen molar-refractivity contribution >= 4 is 12.1 Å². The van der Waals surface area contributed by atoms with Crippen LogP contribution in [0.5, 0.6) is 46.0 Å². The van der Waals surface area contributed by atoms with Crippen molar-refractivity contribution in [3.8, 4) is 46.0 Å². The van der Waals surface area contributed by atoms with Crippen LogP contribution in [0, 0.1) is 0 Å². The van der Waals surface area contributed by atoms with Crippen LogP contribution in [0.15, 0.2) is 60.7 Å². The summed E-state index contributed by atoms with van der Waals surface area (Å²) in [5, 5.41) is 0. The van der Waals surface area contributed by atoms with Crippen LogP contribution in [0.25, 0.3) is 0 Å². The molecule has 4 atom stereocenters. The number of urea groups is 2. The van der Waals surface area contributed by atoms with E-state index in [9.17, 15) is 9.59 Å². The van der Waals surface area contributed by atoms with Crippen LogP contribution in [-0.2, 0) is 25.7 Å². The van der Waals surface area contributed by atoms with Crippen LogP contribution < -0.4 is 49.4 Å². The summed E-state index contributed by atoms with van der Waals surface area (Å²) in [6.45, 7) is 2.34. The van der Waals surface area contributed by atoms with Crippen LogP contribution in [0.1, 0.15) is 45.5 Å². The number of benzene rings is 4. The molecule has 3 aliphatic heterocycles. The minimum atomic E-state index is -0.533. The molecule has 0 spiro atoms. The Balaban J connectivity index is 1.21. The lowest BCUT2D eigenvalue weighted by molar-refractivity contribution is -0.0359. The molecule has 0 bridgehead atoms. The van der Waals surface area contributed by atoms with Gasteiger partial charge in [0.2, 0.25) is 0 Å². The highest BCUT2D eigenvalue weighted by Gasteiger charge is 2.45. The highest BCUT2D eigenvalue weighted by Crippen LogP contribution is 2.45. The molecule has 1 saturated heterocycles. The average Bonchev–Trinajstić information content (AvgIpc) is 3.29. The number of nitrogens with zero attached hydrogens (tertiary/aromatic N) is 4. The lowest BCUT2D eigenvalue weighted by Crippen LogP contribution is -2.65. The number of piperazine rings is 1. The molecule has 1 fully saturated rings. The van der Waals surface area contributed by atoms with E-state index < -0.39 is 24.1 Å². The Morgan fingerprint density at radius 1 is 0.468 bits per heavy atom. The van der Waals surface area contributed by atoms with Gasteiger partial charge in [-0.1, -0.05) is 12.1 Å². The summed E-state index contributed by atoms with van der Waals surface area (Å²) in [6.07, 6.45) is 1.18. The van der Waals surface area contributed by atoms with E-state index in [1.54, 1.807) is 66.7 Å². The molecule has 4 aromatic rings. The van der Waals surface area contributed by atoms with Crippen molar-refractivity contribution in [2.24, 2.45) is 11.5 Å². The highest BCUT2D eigenvalue weighted by atomic mass is 16.5. The minimum Gasteiger partial charge on any atom is -0.493 e. The fourth-order valence-corrected chi connectivity index (χ4v) is 9.58. The second kappa shape index (κ2) is 18.8. The van der Waals surface area contributed by atoms with E-state index in [-0.39, 0.29) is 12.3 Å². The van der Waals surface area contributed by atoms with Gasteiger partial charge in [0.15, 0.2) is 46.0 Å². The minimum absolute atomic E-state index is 0.376. The third-order valence-electron chi connectivity index (χ3n) is 12.6. The van der Waals surface area contributed by atoms with Crippen LogP contribution >= 0.6 is 0 Å². The average molecular weight is 855 g/mol. The normalized spacial score (nSPS) is 20.1. The number of ether oxygens (including phenoxy) is 8. The summed E-state index contributed by atoms with van der Waals surface area (Å²) < 4.78 is 45.3. The monoisotopic (exact) mass is 854 g/mol. The van der Waals surface area contributed by atoms with Crippen molar-refractivity contribution in [1.29, 1.82) is 0 Å². The summed E-state index contributed by atoms with van der Waals surface area (Å²) in [7, 11) is 12.8. The van der Waals surface area contributed by atoms with Gasteiger partial charge >= 0.3 is 12.1 Å². The van der Waals surface area contributed by atoms with Crippen molar-refractivity contribution in [3.63, 3.8) is 0 Å². The van der Waals surface area contributed by atoms with Crippen molar-refractivity contribution in [2.45, 2.75) is 50.1 Å². The fourth-order valence-electron chi connectivity index (χ4n) is 9.58. The van der Waals surface area contributed by atoms with Crippen LogP contribution in [0.2, 0.25) is 0 Å². The number of nitrogens with two attached hydrogens (primary N) is 2. The third-order valence-corrected chi connectivity index (χ3v) is 12.6. The molecule has 4 unspecified atom stereocenters. The zero-order valence-corrected chi connectivity index (χ0v) is 36.8. The van der Waals surface area contributed by atoms with Gasteiger partial charge in [0.05, 0.1) is 81.3 Å². The SMILES string of the molecule is COc1ccc(CC2c3cc(OC)c(OC)cc3CC(N3CCN(C4Cc5cc(OC)c(OC)cc5C(Cc5ccc(OC)c(OC)c5)N4C(N)=O)CC3)N2C(N)=O)cc1OC. The van der Waals surface area contributed by atoms with Crippen molar-refractivity contribution in [1.82, 2.24) is 19.6 Å². The molecule has 4 aromatic carbocycles. The highest BCUT2D eigenvalue weighted by molar-refractivity contribution is 5.75. The summed E-state index contributed by atoms with van der Waals surface area (Å²) in [5.41, 5.74) is 18.5. The van der Waals surface area contributed by atoms with Gasteiger partial charge in [-0.3, -0.25) is 9.80 Å². The molecule has 3 aliphatic rings. The lowest BCUT2D eigenvalue weighted by atomic mass is 9.85. The van der Waals surface area contributed by atoms with E-state index in [4.69, 9.17) is 49.4 Å². The van der Waals surface area contributed by atoms with Crippen LogP contribution in [0.3, 0.4) is 0 Å². The molecule has 16 nitrogen and oxygen atoms in total. The first kappa shape index (κ1) is 43.8. The smallest absolute Gasteiger partial charge is 0.316 e. The molecule has 4 amide bonds. The number of carbonyl (C=O) groups is 2. The van der Waals surface area contributed by atoms with Gasteiger partial charge in [0.25, 0.3) is 0 Å². The lowest BCUT2D eigenvalue weighted by Gasteiger charge is -2.52. The first-order chi connectivity index (χ1) is 30.0. The Hall–Kier alpha value is -6.26. The second-order valence-corrected chi connectivity index (χ2v) is 15.6. The molecule has 16 heteroatoms. The maximum atomic E-state index is 13.7. The van der Waals surface area contributed by atoms with E-state index in [1.807, 2.05) is 60.7 Å². The zero-order chi connectivity index (χ0) is 44.2. The Labute approximate surface area is 363 Å². The van der Waals surface area contributed by atoms with Crippen molar-refractivity contribution in [3.05, 3.63) is 94.0 Å². The van der Waals surface area contributed by atoms with Crippen LogP contribution in [0.4, 0.5) is 9.59 Å². The quantitative estimate of drug-likeness (QED) is 0.171. The molecular weight excluding hydrogens is 797 g/mol. The maximum Gasteiger partial charge on any atom is 0.316 e. The maximum absolute atomic E-state index is 13.7. The molecule has 4 N–H and O–H groups in total. The number of primary amides is 2. The molecular formula is C46H58N6O10. The first-order valence-electron chi connectivity index (χ1n) is 20.6. The van der Waals surface area contributed by atoms with Gasteiger partial charge < -0.3 is 59.2 Å². The Bertz CT molecular complexity index is 2110. The van der Waals surface area contributed by atoms with Gasteiger partial charge in [0, 0.05) is 39.0 Å². The Morgan fingerprint density at radius 2 is 0.774 bits per heavy atom. The predicted octanol–water partition coefficient (Wildman–Crippen LogP) is 5.17. The number of methoxy groups -OCH3 is 8. The van der Waals surface area contributed by atoms with Crippen molar-refractivity contribution < 1.29 is 47.5 Å². The first-order valence-corrected chi connectivity index (χ1v) is 20.6. The van der Waals surface area contributed by atoms with E-state index >= 15 is 0 Å². The number of carbonyl (C=O) groups excluding carboxylic acids is 2. The molecule has 3 heterocycles. The second-order valence-electron chi connectivity index (χ2n) is 15.6. The summed E-state index contributed by atoms with van der Waals surface area (Å²) in [6, 6.07) is 17.5. The zero-order valence-electron chi connectivity index (χ0n) is 36.8. The molecule has 0 radical (unpaired) electrons. The molecule has 62 heavy (non-hydrogen) atoms. The van der Waals surface area contributed by atoms with E-state index in [2.05, 4.69) is 9.80 Å². The number of rotatable bonds is 14.